The molecule has 0 N–H and O–H groups in total. The number of carbonyl (C=O) groups excluding carboxylic acids is 1. The number of methoxy groups -OCH3 is 1. The molecule has 0 fully saturated rings. The number of hydrogen-bond acceptors (Lipinski definition) is 3. The second-order valence-corrected chi connectivity index (χ2v) is 3.24. The molecule has 0 radical (unpaired) electrons. The lowest BCUT2D eigenvalue weighted by molar-refractivity contribution is -0.139. The zero-order valence-corrected chi connectivity index (χ0v) is 9.16. The van der Waals surface area contributed by atoms with Gasteiger partial charge >= 0.3 is 5.97 Å². The van der Waals surface area contributed by atoms with Crippen LogP contribution in [0.25, 0.3) is 0 Å². The van der Waals surface area contributed by atoms with E-state index in [0.717, 1.165) is 12.2 Å². The van der Waals surface area contributed by atoms with Gasteiger partial charge in [-0.1, -0.05) is 13.0 Å². The highest BCUT2D eigenvalue weighted by atomic mass is 16.5. The maximum absolute atomic E-state index is 11.2. The molecule has 82 valence electrons. The van der Waals surface area contributed by atoms with E-state index in [4.69, 9.17) is 9.47 Å². The number of hydrogen-bond donors (Lipinski definition) is 0. The minimum atomic E-state index is -0.175. The van der Waals surface area contributed by atoms with Gasteiger partial charge in [0.05, 0.1) is 7.11 Å². The van der Waals surface area contributed by atoms with Crippen LogP contribution in [0.1, 0.15) is 26.2 Å². The van der Waals surface area contributed by atoms with Crippen LogP contribution < -0.4 is 0 Å². The molecule has 3 nitrogen and oxygen atoms in total. The zero-order chi connectivity index (χ0) is 11.1. The molecule has 1 rings (SSSR count). The standard InChI is InChI=1S/C12H16O3/c1-3-5-12(13)15-11-7-4-6-10(14-2)8-9-11/h4,6,8-9H,3,5,7H2,1-2H3. The van der Waals surface area contributed by atoms with Crippen molar-refractivity contribution >= 4 is 5.97 Å². The van der Waals surface area contributed by atoms with Crippen LogP contribution in [0.5, 0.6) is 0 Å². The Morgan fingerprint density at radius 1 is 1.47 bits per heavy atom. The Hall–Kier alpha value is -1.51. The Morgan fingerprint density at radius 2 is 2.27 bits per heavy atom. The van der Waals surface area contributed by atoms with Crippen molar-refractivity contribution in [2.75, 3.05) is 7.11 Å². The maximum Gasteiger partial charge on any atom is 0.310 e. The molecular formula is C12H16O3. The average molecular weight is 208 g/mol. The third kappa shape index (κ3) is 4.02. The van der Waals surface area contributed by atoms with Crippen LogP contribution in [0.2, 0.25) is 0 Å². The molecule has 0 spiro atoms. The quantitative estimate of drug-likeness (QED) is 0.666. The summed E-state index contributed by atoms with van der Waals surface area (Å²) < 4.78 is 10.2. The first-order valence-electron chi connectivity index (χ1n) is 5.08. The number of esters is 1. The molecule has 0 amide bonds. The molecule has 0 aromatic carbocycles. The van der Waals surface area contributed by atoms with E-state index in [1.807, 2.05) is 19.1 Å². The lowest BCUT2D eigenvalue weighted by atomic mass is 10.3. The van der Waals surface area contributed by atoms with Crippen LogP contribution in [0.15, 0.2) is 35.8 Å². The first-order valence-corrected chi connectivity index (χ1v) is 5.08. The lowest BCUT2D eigenvalue weighted by Crippen LogP contribution is -2.02. The van der Waals surface area contributed by atoms with Crippen molar-refractivity contribution in [2.24, 2.45) is 0 Å². The van der Waals surface area contributed by atoms with E-state index in [0.29, 0.717) is 18.6 Å². The lowest BCUT2D eigenvalue weighted by Gasteiger charge is -2.04. The smallest absolute Gasteiger partial charge is 0.310 e. The van der Waals surface area contributed by atoms with E-state index in [9.17, 15) is 4.79 Å². The monoisotopic (exact) mass is 208 g/mol. The summed E-state index contributed by atoms with van der Waals surface area (Å²) in [4.78, 5) is 11.2. The fourth-order valence-corrected chi connectivity index (χ4v) is 1.20. The highest BCUT2D eigenvalue weighted by molar-refractivity contribution is 5.70. The summed E-state index contributed by atoms with van der Waals surface area (Å²) in [5.74, 6) is 1.25. The minimum absolute atomic E-state index is 0.175. The largest absolute Gasteiger partial charge is 0.497 e. The fourth-order valence-electron chi connectivity index (χ4n) is 1.20. The number of ether oxygens (including phenoxy) is 2. The summed E-state index contributed by atoms with van der Waals surface area (Å²) in [6.07, 6.45) is 9.22. The molecule has 0 aliphatic heterocycles. The van der Waals surface area contributed by atoms with Crippen molar-refractivity contribution < 1.29 is 14.3 Å². The third-order valence-electron chi connectivity index (χ3n) is 1.97. The van der Waals surface area contributed by atoms with Crippen molar-refractivity contribution in [3.8, 4) is 0 Å². The highest BCUT2D eigenvalue weighted by Crippen LogP contribution is 2.13. The molecule has 0 saturated heterocycles. The highest BCUT2D eigenvalue weighted by Gasteiger charge is 2.06. The fraction of sp³-hybridized carbons (Fsp3) is 0.417. The summed E-state index contributed by atoms with van der Waals surface area (Å²) in [6, 6.07) is 0. The van der Waals surface area contributed by atoms with Crippen LogP contribution in [0.4, 0.5) is 0 Å². The van der Waals surface area contributed by atoms with Gasteiger partial charge in [-0.3, -0.25) is 4.79 Å². The minimum Gasteiger partial charge on any atom is -0.497 e. The molecule has 0 aromatic heterocycles. The molecule has 15 heavy (non-hydrogen) atoms. The Bertz CT molecular complexity index is 311. The Kier molecular flexibility index (Phi) is 4.68. The van der Waals surface area contributed by atoms with Crippen LogP contribution >= 0.6 is 0 Å². The molecule has 3 heteroatoms. The molecule has 0 aromatic rings. The third-order valence-corrected chi connectivity index (χ3v) is 1.97. The van der Waals surface area contributed by atoms with Gasteiger partial charge in [-0.2, -0.15) is 0 Å². The van der Waals surface area contributed by atoms with Gasteiger partial charge in [-0.15, -0.1) is 0 Å². The normalized spacial score (nSPS) is 15.1. The molecule has 1 aliphatic carbocycles. The van der Waals surface area contributed by atoms with Gasteiger partial charge in [0, 0.05) is 12.8 Å². The van der Waals surface area contributed by atoms with Gasteiger partial charge in [0.1, 0.15) is 11.5 Å². The topological polar surface area (TPSA) is 35.5 Å². The Labute approximate surface area is 90.1 Å². The molecule has 1 aliphatic rings. The van der Waals surface area contributed by atoms with Crippen molar-refractivity contribution in [3.63, 3.8) is 0 Å². The van der Waals surface area contributed by atoms with E-state index < -0.39 is 0 Å². The summed E-state index contributed by atoms with van der Waals surface area (Å²) in [5, 5.41) is 0. The van der Waals surface area contributed by atoms with Crippen LogP contribution in [-0.4, -0.2) is 13.1 Å². The maximum atomic E-state index is 11.2. The average Bonchev–Trinajstić information content (AvgIpc) is 2.43. The van der Waals surface area contributed by atoms with Gasteiger partial charge < -0.3 is 9.47 Å². The number of carbonyl (C=O) groups is 1. The Balaban J connectivity index is 2.57. The van der Waals surface area contributed by atoms with E-state index >= 15 is 0 Å². The Morgan fingerprint density at radius 3 is 2.93 bits per heavy atom. The van der Waals surface area contributed by atoms with Gasteiger partial charge in [-0.05, 0) is 24.6 Å². The van der Waals surface area contributed by atoms with Crippen molar-refractivity contribution in [1.29, 1.82) is 0 Å². The second-order valence-electron chi connectivity index (χ2n) is 3.24. The predicted molar refractivity (Wildman–Crippen MR) is 57.9 cm³/mol. The first kappa shape index (κ1) is 11.6. The van der Waals surface area contributed by atoms with Crippen molar-refractivity contribution in [2.45, 2.75) is 26.2 Å². The zero-order valence-electron chi connectivity index (χ0n) is 9.16. The number of rotatable bonds is 4. The SMILES string of the molecule is CCCC(=O)OC1=CC=C(OC)C=CC1. The second kappa shape index (κ2) is 6.06. The van der Waals surface area contributed by atoms with Gasteiger partial charge in [0.2, 0.25) is 0 Å². The molecule has 0 heterocycles. The molecule has 0 unspecified atom stereocenters. The molecule has 0 atom stereocenters. The summed E-state index contributed by atoms with van der Waals surface area (Å²) >= 11 is 0. The van der Waals surface area contributed by atoms with Gasteiger partial charge in [-0.25, -0.2) is 0 Å². The van der Waals surface area contributed by atoms with Crippen molar-refractivity contribution in [1.82, 2.24) is 0 Å². The van der Waals surface area contributed by atoms with E-state index in [1.165, 1.54) is 0 Å². The van der Waals surface area contributed by atoms with E-state index in [1.54, 1.807) is 19.3 Å². The van der Waals surface area contributed by atoms with E-state index in [-0.39, 0.29) is 5.97 Å². The van der Waals surface area contributed by atoms with Crippen LogP contribution in [0, 0.1) is 0 Å². The van der Waals surface area contributed by atoms with Crippen LogP contribution in [0.3, 0.4) is 0 Å². The summed E-state index contributed by atoms with van der Waals surface area (Å²) in [5.41, 5.74) is 0. The first-order chi connectivity index (χ1) is 7.26. The van der Waals surface area contributed by atoms with Crippen LogP contribution in [-0.2, 0) is 14.3 Å². The van der Waals surface area contributed by atoms with Gasteiger partial charge in [0.15, 0.2) is 0 Å². The summed E-state index contributed by atoms with van der Waals surface area (Å²) in [7, 11) is 1.61. The molecule has 0 bridgehead atoms. The van der Waals surface area contributed by atoms with E-state index in [2.05, 4.69) is 0 Å². The molecular weight excluding hydrogens is 192 g/mol. The summed E-state index contributed by atoms with van der Waals surface area (Å²) in [6.45, 7) is 1.95. The molecule has 0 saturated carbocycles. The predicted octanol–water partition coefficient (Wildman–Crippen LogP) is 2.70. The van der Waals surface area contributed by atoms with Gasteiger partial charge in [0.25, 0.3) is 0 Å². The van der Waals surface area contributed by atoms with Crippen molar-refractivity contribution in [3.05, 3.63) is 35.8 Å². The number of allylic oxidation sites excluding steroid dienone is 4.